The van der Waals surface area contributed by atoms with E-state index in [0.717, 1.165) is 0 Å². The Labute approximate surface area is 160 Å². The summed E-state index contributed by atoms with van der Waals surface area (Å²) in [6.45, 7) is 0.136. The number of fused-ring (bicyclic) bond motifs is 3. The van der Waals surface area contributed by atoms with Gasteiger partial charge in [-0.05, 0) is 46.3 Å². The lowest BCUT2D eigenvalue weighted by Gasteiger charge is -2.12. The van der Waals surface area contributed by atoms with E-state index in [1.165, 1.54) is 10.7 Å². The topological polar surface area (TPSA) is 67.5 Å². The van der Waals surface area contributed by atoms with Crippen LogP contribution in [0.1, 0.15) is 27.3 Å². The summed E-state index contributed by atoms with van der Waals surface area (Å²) >= 11 is 9.45. The molecule has 2 aromatic carbocycles. The number of aromatic nitrogens is 2. The van der Waals surface area contributed by atoms with Crippen LogP contribution >= 0.6 is 27.5 Å². The molecule has 0 spiro atoms. The molecule has 1 aromatic heterocycles. The Morgan fingerprint density at radius 1 is 1.23 bits per heavy atom. The van der Waals surface area contributed by atoms with Crippen molar-refractivity contribution in [2.75, 3.05) is 0 Å². The molecule has 1 aliphatic rings. The Morgan fingerprint density at radius 3 is 2.73 bits per heavy atom. The lowest BCUT2D eigenvalue weighted by atomic mass is 10.00. The molecule has 26 heavy (non-hydrogen) atoms. The number of rotatable bonds is 2. The Balaban J connectivity index is 2.02. The van der Waals surface area contributed by atoms with Crippen molar-refractivity contribution in [1.29, 1.82) is 0 Å². The summed E-state index contributed by atoms with van der Waals surface area (Å²) in [4.78, 5) is 16.0. The van der Waals surface area contributed by atoms with Gasteiger partial charge in [-0.1, -0.05) is 23.7 Å². The molecule has 8 heteroatoms. The minimum atomic E-state index is -1.15. The third-order valence-corrected chi connectivity index (χ3v) is 5.15. The first kappa shape index (κ1) is 16.9. The molecule has 0 saturated carbocycles. The van der Waals surface area contributed by atoms with Crippen molar-refractivity contribution >= 4 is 39.2 Å². The number of carboxylic acid groups (broad SMARTS) is 1. The van der Waals surface area contributed by atoms with Crippen LogP contribution in [0.4, 0.5) is 4.39 Å². The molecule has 5 nitrogen and oxygen atoms in total. The van der Waals surface area contributed by atoms with Crippen molar-refractivity contribution in [3.63, 3.8) is 0 Å². The predicted octanol–water partition coefficient (Wildman–Crippen LogP) is 4.48. The van der Waals surface area contributed by atoms with E-state index in [2.05, 4.69) is 26.0 Å². The van der Waals surface area contributed by atoms with Gasteiger partial charge in [0.25, 0.3) is 0 Å². The van der Waals surface area contributed by atoms with E-state index in [0.29, 0.717) is 37.7 Å². The zero-order valence-electron chi connectivity index (χ0n) is 13.1. The van der Waals surface area contributed by atoms with Crippen LogP contribution in [0.5, 0.6) is 0 Å². The van der Waals surface area contributed by atoms with Crippen LogP contribution < -0.4 is 0 Å². The van der Waals surface area contributed by atoms with Crippen LogP contribution in [0.2, 0.25) is 5.02 Å². The number of carboxylic acids is 1. The van der Waals surface area contributed by atoms with Crippen LogP contribution in [0.25, 0.3) is 5.69 Å². The number of benzene rings is 2. The summed E-state index contributed by atoms with van der Waals surface area (Å²) in [6, 6.07) is 11.4. The lowest BCUT2D eigenvalue weighted by molar-refractivity contribution is 0.0689. The molecule has 0 unspecified atom stereocenters. The highest BCUT2D eigenvalue weighted by Gasteiger charge is 2.27. The van der Waals surface area contributed by atoms with Gasteiger partial charge in [-0.25, -0.2) is 13.9 Å². The van der Waals surface area contributed by atoms with E-state index in [1.807, 2.05) is 0 Å². The van der Waals surface area contributed by atoms with E-state index in [1.54, 1.807) is 36.4 Å². The average molecular weight is 435 g/mol. The van der Waals surface area contributed by atoms with Gasteiger partial charge in [0, 0.05) is 16.1 Å². The van der Waals surface area contributed by atoms with E-state index < -0.39 is 11.8 Å². The minimum Gasteiger partial charge on any atom is -0.476 e. The van der Waals surface area contributed by atoms with Crippen LogP contribution in [0.15, 0.2) is 51.9 Å². The van der Waals surface area contributed by atoms with Crippen LogP contribution in [-0.4, -0.2) is 26.6 Å². The number of hydrogen-bond donors (Lipinski definition) is 1. The van der Waals surface area contributed by atoms with Gasteiger partial charge in [0.15, 0.2) is 5.69 Å². The first-order chi connectivity index (χ1) is 12.5. The molecule has 3 aromatic rings. The average Bonchev–Trinajstić information content (AvgIpc) is 2.85. The monoisotopic (exact) mass is 433 g/mol. The SMILES string of the molecule is O=C(O)c1nn2c(c1Br)CN=C(c1ccccc1F)c1cc(Cl)ccc1-2. The van der Waals surface area contributed by atoms with Gasteiger partial charge in [0.05, 0.1) is 28.1 Å². The predicted molar refractivity (Wildman–Crippen MR) is 99.0 cm³/mol. The zero-order chi connectivity index (χ0) is 18.4. The molecular weight excluding hydrogens is 425 g/mol. The second-order valence-electron chi connectivity index (χ2n) is 5.63. The second kappa shape index (κ2) is 6.34. The summed E-state index contributed by atoms with van der Waals surface area (Å²) in [5, 5.41) is 14.0. The van der Waals surface area contributed by atoms with Gasteiger partial charge >= 0.3 is 5.97 Å². The summed E-state index contributed by atoms with van der Waals surface area (Å²) in [5.74, 6) is -1.55. The molecule has 0 aliphatic carbocycles. The summed E-state index contributed by atoms with van der Waals surface area (Å²) in [6.07, 6.45) is 0. The number of aromatic carboxylic acids is 1. The highest BCUT2D eigenvalue weighted by Crippen LogP contribution is 2.32. The quantitative estimate of drug-likeness (QED) is 0.647. The number of carbonyl (C=O) groups is 1. The fourth-order valence-electron chi connectivity index (χ4n) is 2.91. The van der Waals surface area contributed by atoms with Crippen LogP contribution in [0.3, 0.4) is 0 Å². The second-order valence-corrected chi connectivity index (χ2v) is 6.86. The molecular formula is C18H10BrClFN3O2. The van der Waals surface area contributed by atoms with E-state index >= 15 is 0 Å². The van der Waals surface area contributed by atoms with Gasteiger partial charge in [-0.2, -0.15) is 5.10 Å². The maximum absolute atomic E-state index is 14.4. The lowest BCUT2D eigenvalue weighted by Crippen LogP contribution is -2.10. The van der Waals surface area contributed by atoms with E-state index in [-0.39, 0.29) is 12.2 Å². The van der Waals surface area contributed by atoms with Gasteiger partial charge in [0.2, 0.25) is 0 Å². The minimum absolute atomic E-state index is 0.106. The number of hydrogen-bond acceptors (Lipinski definition) is 3. The van der Waals surface area contributed by atoms with E-state index in [4.69, 9.17) is 11.6 Å². The highest BCUT2D eigenvalue weighted by molar-refractivity contribution is 9.10. The first-order valence-corrected chi connectivity index (χ1v) is 8.75. The van der Waals surface area contributed by atoms with Crippen LogP contribution in [-0.2, 0) is 6.54 Å². The maximum Gasteiger partial charge on any atom is 0.357 e. The molecule has 1 N–H and O–H groups in total. The highest BCUT2D eigenvalue weighted by atomic mass is 79.9. The fourth-order valence-corrected chi connectivity index (χ4v) is 3.63. The molecule has 2 heterocycles. The third kappa shape index (κ3) is 2.64. The van der Waals surface area contributed by atoms with Gasteiger partial charge in [-0.15, -0.1) is 0 Å². The summed E-state index contributed by atoms with van der Waals surface area (Å²) in [5.41, 5.74) is 2.40. The molecule has 130 valence electrons. The molecule has 0 radical (unpaired) electrons. The van der Waals surface area contributed by atoms with Crippen molar-refractivity contribution in [1.82, 2.24) is 9.78 Å². The first-order valence-electron chi connectivity index (χ1n) is 7.57. The molecule has 1 aliphatic heterocycles. The van der Waals surface area contributed by atoms with Crippen molar-refractivity contribution < 1.29 is 14.3 Å². The van der Waals surface area contributed by atoms with Crippen molar-refractivity contribution in [2.45, 2.75) is 6.54 Å². The van der Waals surface area contributed by atoms with Gasteiger partial charge in [-0.3, -0.25) is 4.99 Å². The Morgan fingerprint density at radius 2 is 2.00 bits per heavy atom. The fraction of sp³-hybridized carbons (Fsp3) is 0.0556. The van der Waals surface area contributed by atoms with Crippen molar-refractivity contribution in [2.24, 2.45) is 4.99 Å². The van der Waals surface area contributed by atoms with Crippen LogP contribution in [0, 0.1) is 5.82 Å². The maximum atomic E-state index is 14.4. The number of halogens is 3. The summed E-state index contributed by atoms with van der Waals surface area (Å²) in [7, 11) is 0. The smallest absolute Gasteiger partial charge is 0.357 e. The van der Waals surface area contributed by atoms with Crippen molar-refractivity contribution in [3.05, 3.63) is 80.3 Å². The Hall–Kier alpha value is -2.51. The largest absolute Gasteiger partial charge is 0.476 e. The standard InChI is InChI=1S/C18H10BrClFN3O2/c19-15-14-8-22-16(10-3-1-2-4-12(10)21)11-7-9(20)5-6-13(11)24(14)23-17(15)18(25)26/h1-7H,8H2,(H,25,26). The zero-order valence-corrected chi connectivity index (χ0v) is 15.4. The molecule has 0 amide bonds. The van der Waals surface area contributed by atoms with Gasteiger partial charge < -0.3 is 5.11 Å². The van der Waals surface area contributed by atoms with Gasteiger partial charge in [0.1, 0.15) is 5.82 Å². The molecule has 0 fully saturated rings. The molecule has 0 atom stereocenters. The third-order valence-electron chi connectivity index (χ3n) is 4.08. The normalized spacial score (nSPS) is 12.8. The van der Waals surface area contributed by atoms with Crippen molar-refractivity contribution in [3.8, 4) is 5.69 Å². The molecule has 4 rings (SSSR count). The Kier molecular flexibility index (Phi) is 4.13. The molecule has 0 bridgehead atoms. The Bertz CT molecular complexity index is 1090. The van der Waals surface area contributed by atoms with E-state index in [9.17, 15) is 14.3 Å². The summed E-state index contributed by atoms with van der Waals surface area (Å²) < 4.78 is 16.2. The molecule has 0 saturated heterocycles. The number of aliphatic imine (C=N–C) groups is 1. The number of nitrogens with zero attached hydrogens (tertiary/aromatic N) is 3.